The standard InChI is InChI=1S/C13H19ClN2O3S/c1-3-5-16-8-10(20(14,18)19)7-12(16)13(17)15-11-6-9(11)4-2/h7-9,11H,3-6H2,1-2H3,(H,15,17). The Morgan fingerprint density at radius 2 is 2.20 bits per heavy atom. The maximum Gasteiger partial charge on any atom is 0.268 e. The highest BCUT2D eigenvalue weighted by molar-refractivity contribution is 8.13. The molecule has 5 nitrogen and oxygen atoms in total. The summed E-state index contributed by atoms with van der Waals surface area (Å²) in [5.74, 6) is 0.315. The zero-order valence-corrected chi connectivity index (χ0v) is 13.2. The van der Waals surface area contributed by atoms with E-state index in [1.54, 1.807) is 4.57 Å². The first kappa shape index (κ1) is 15.4. The quantitative estimate of drug-likeness (QED) is 0.819. The van der Waals surface area contributed by atoms with Gasteiger partial charge in [0.1, 0.15) is 10.6 Å². The normalized spacial score (nSPS) is 21.8. The van der Waals surface area contributed by atoms with Gasteiger partial charge in [0.05, 0.1) is 0 Å². The van der Waals surface area contributed by atoms with Crippen LogP contribution in [0.25, 0.3) is 0 Å². The number of hydrogen-bond donors (Lipinski definition) is 1. The van der Waals surface area contributed by atoms with Gasteiger partial charge in [-0.05, 0) is 24.8 Å². The second kappa shape index (κ2) is 5.77. The van der Waals surface area contributed by atoms with E-state index < -0.39 is 9.05 Å². The summed E-state index contributed by atoms with van der Waals surface area (Å²) in [6.07, 6.45) is 4.27. The minimum Gasteiger partial charge on any atom is -0.348 e. The Hall–Kier alpha value is -1.01. The van der Waals surface area contributed by atoms with Gasteiger partial charge in [-0.1, -0.05) is 20.3 Å². The number of rotatable bonds is 6. The highest BCUT2D eigenvalue weighted by Crippen LogP contribution is 2.33. The molecule has 1 aromatic heterocycles. The molecule has 0 spiro atoms. The molecule has 2 atom stereocenters. The molecular weight excluding hydrogens is 300 g/mol. The summed E-state index contributed by atoms with van der Waals surface area (Å²) < 4.78 is 24.4. The maximum atomic E-state index is 12.2. The second-order valence-corrected chi connectivity index (χ2v) is 7.74. The zero-order chi connectivity index (χ0) is 14.9. The van der Waals surface area contributed by atoms with Gasteiger partial charge >= 0.3 is 0 Å². The van der Waals surface area contributed by atoms with E-state index in [1.165, 1.54) is 12.3 Å². The Labute approximate surface area is 123 Å². The molecule has 2 unspecified atom stereocenters. The predicted molar refractivity (Wildman–Crippen MR) is 77.4 cm³/mol. The number of carbonyl (C=O) groups excluding carboxylic acids is 1. The summed E-state index contributed by atoms with van der Waals surface area (Å²) >= 11 is 0. The van der Waals surface area contributed by atoms with Crippen molar-refractivity contribution >= 4 is 25.6 Å². The van der Waals surface area contributed by atoms with Crippen molar-refractivity contribution in [3.63, 3.8) is 0 Å². The van der Waals surface area contributed by atoms with Crippen LogP contribution in [0.4, 0.5) is 0 Å². The smallest absolute Gasteiger partial charge is 0.268 e. The van der Waals surface area contributed by atoms with E-state index in [4.69, 9.17) is 10.7 Å². The van der Waals surface area contributed by atoms with Crippen molar-refractivity contribution in [2.24, 2.45) is 5.92 Å². The Balaban J connectivity index is 2.20. The Kier molecular flexibility index (Phi) is 4.44. The molecule has 1 aromatic rings. The zero-order valence-electron chi connectivity index (χ0n) is 11.6. The number of halogens is 1. The fraction of sp³-hybridized carbons (Fsp3) is 0.615. The van der Waals surface area contributed by atoms with Crippen LogP contribution >= 0.6 is 10.7 Å². The molecule has 1 aliphatic rings. The van der Waals surface area contributed by atoms with Crippen LogP contribution in [0.1, 0.15) is 43.6 Å². The molecule has 1 aliphatic carbocycles. The number of aryl methyl sites for hydroxylation is 1. The molecule has 0 bridgehead atoms. The van der Waals surface area contributed by atoms with Gasteiger partial charge in [-0.15, -0.1) is 0 Å². The molecule has 2 rings (SSSR count). The monoisotopic (exact) mass is 318 g/mol. The average Bonchev–Trinajstić information content (AvgIpc) is 2.95. The third-order valence-corrected chi connectivity index (χ3v) is 4.93. The lowest BCUT2D eigenvalue weighted by molar-refractivity contribution is 0.0939. The largest absolute Gasteiger partial charge is 0.348 e. The molecule has 1 saturated carbocycles. The molecule has 1 heterocycles. The van der Waals surface area contributed by atoms with Crippen LogP contribution < -0.4 is 5.32 Å². The van der Waals surface area contributed by atoms with Crippen molar-refractivity contribution in [1.82, 2.24) is 9.88 Å². The number of nitrogens with one attached hydrogen (secondary N) is 1. The van der Waals surface area contributed by atoms with Crippen LogP contribution in [0.15, 0.2) is 17.2 Å². The molecule has 0 aliphatic heterocycles. The van der Waals surface area contributed by atoms with E-state index >= 15 is 0 Å². The van der Waals surface area contributed by atoms with Crippen LogP contribution in [-0.4, -0.2) is 24.9 Å². The molecular formula is C13H19ClN2O3S. The Morgan fingerprint density at radius 1 is 1.50 bits per heavy atom. The average molecular weight is 319 g/mol. The van der Waals surface area contributed by atoms with Crippen molar-refractivity contribution in [2.45, 2.75) is 50.6 Å². The highest BCUT2D eigenvalue weighted by atomic mass is 35.7. The highest BCUT2D eigenvalue weighted by Gasteiger charge is 2.37. The van der Waals surface area contributed by atoms with Crippen molar-refractivity contribution < 1.29 is 13.2 Å². The Morgan fingerprint density at radius 3 is 2.70 bits per heavy atom. The summed E-state index contributed by atoms with van der Waals surface area (Å²) in [6, 6.07) is 1.56. The van der Waals surface area contributed by atoms with Gasteiger partial charge in [-0.3, -0.25) is 4.79 Å². The van der Waals surface area contributed by atoms with Gasteiger partial charge in [0.25, 0.3) is 15.0 Å². The van der Waals surface area contributed by atoms with E-state index in [2.05, 4.69) is 12.2 Å². The lowest BCUT2D eigenvalue weighted by Gasteiger charge is -2.08. The molecule has 1 amide bonds. The van der Waals surface area contributed by atoms with Gasteiger partial charge in [0, 0.05) is 29.5 Å². The maximum absolute atomic E-state index is 12.2. The van der Waals surface area contributed by atoms with E-state index in [-0.39, 0.29) is 16.8 Å². The van der Waals surface area contributed by atoms with Crippen molar-refractivity contribution in [3.8, 4) is 0 Å². The van der Waals surface area contributed by atoms with Crippen LogP contribution in [0.3, 0.4) is 0 Å². The first-order valence-corrected chi connectivity index (χ1v) is 9.13. The third-order valence-electron chi connectivity index (χ3n) is 3.61. The molecule has 0 aromatic carbocycles. The molecule has 20 heavy (non-hydrogen) atoms. The summed E-state index contributed by atoms with van der Waals surface area (Å²) in [6.45, 7) is 4.64. The van der Waals surface area contributed by atoms with Crippen LogP contribution in [0.2, 0.25) is 0 Å². The van der Waals surface area contributed by atoms with Crippen LogP contribution in [0, 0.1) is 5.92 Å². The fourth-order valence-corrected chi connectivity index (χ4v) is 3.11. The molecule has 112 valence electrons. The van der Waals surface area contributed by atoms with Crippen molar-refractivity contribution in [3.05, 3.63) is 18.0 Å². The number of carbonyl (C=O) groups is 1. The van der Waals surface area contributed by atoms with Gasteiger partial charge in [-0.2, -0.15) is 0 Å². The summed E-state index contributed by atoms with van der Waals surface area (Å²) in [7, 11) is 1.53. The molecule has 0 radical (unpaired) electrons. The molecule has 7 heteroatoms. The second-order valence-electron chi connectivity index (χ2n) is 5.18. The topological polar surface area (TPSA) is 68.2 Å². The lowest BCUT2D eigenvalue weighted by atomic mass is 10.3. The minimum atomic E-state index is -3.81. The number of hydrogen-bond acceptors (Lipinski definition) is 3. The Bertz CT molecular complexity index is 609. The summed E-state index contributed by atoms with van der Waals surface area (Å²) in [4.78, 5) is 12.2. The summed E-state index contributed by atoms with van der Waals surface area (Å²) in [5, 5.41) is 2.94. The van der Waals surface area contributed by atoms with Gasteiger partial charge in [-0.25, -0.2) is 8.42 Å². The number of aromatic nitrogens is 1. The number of nitrogens with zero attached hydrogens (tertiary/aromatic N) is 1. The first-order chi connectivity index (χ1) is 9.36. The number of amides is 1. The van der Waals surface area contributed by atoms with Gasteiger partial charge in [0.2, 0.25) is 0 Å². The molecule has 1 N–H and O–H groups in total. The molecule has 1 fully saturated rings. The van der Waals surface area contributed by atoms with Gasteiger partial charge < -0.3 is 9.88 Å². The molecule has 0 saturated heterocycles. The summed E-state index contributed by atoms with van der Waals surface area (Å²) in [5.41, 5.74) is 0.354. The van der Waals surface area contributed by atoms with E-state index in [0.717, 1.165) is 19.3 Å². The van der Waals surface area contributed by atoms with Crippen LogP contribution in [0.5, 0.6) is 0 Å². The van der Waals surface area contributed by atoms with Gasteiger partial charge in [0.15, 0.2) is 0 Å². The van der Waals surface area contributed by atoms with Crippen molar-refractivity contribution in [1.29, 1.82) is 0 Å². The van der Waals surface area contributed by atoms with Crippen LogP contribution in [-0.2, 0) is 15.6 Å². The SMILES string of the molecule is CCCn1cc(S(=O)(=O)Cl)cc1C(=O)NC1CC1CC. The predicted octanol–water partition coefficient (Wildman–Crippen LogP) is 2.35. The van der Waals surface area contributed by atoms with E-state index in [1.807, 2.05) is 6.92 Å². The lowest BCUT2D eigenvalue weighted by Crippen LogP contribution is -2.28. The third kappa shape index (κ3) is 3.35. The fourth-order valence-electron chi connectivity index (χ4n) is 2.35. The minimum absolute atomic E-state index is 0.0272. The van der Waals surface area contributed by atoms with E-state index in [9.17, 15) is 13.2 Å². The first-order valence-electron chi connectivity index (χ1n) is 6.82. The van der Waals surface area contributed by atoms with E-state index in [0.29, 0.717) is 18.2 Å². The van der Waals surface area contributed by atoms with Crippen molar-refractivity contribution in [2.75, 3.05) is 0 Å².